The first-order valence-electron chi connectivity index (χ1n) is 9.54. The van der Waals surface area contributed by atoms with E-state index in [1.807, 2.05) is 6.92 Å². The zero-order valence-electron chi connectivity index (χ0n) is 17.1. The van der Waals surface area contributed by atoms with Gasteiger partial charge in [-0.15, -0.1) is 5.10 Å². The van der Waals surface area contributed by atoms with Crippen molar-refractivity contribution in [3.63, 3.8) is 0 Å². The number of aromatic nitrogens is 4. The molecule has 0 atom stereocenters. The molecule has 1 heterocycles. The Kier molecular flexibility index (Phi) is 7.46. The molecule has 2 amide bonds. The van der Waals surface area contributed by atoms with Gasteiger partial charge in [0.25, 0.3) is 5.91 Å². The monoisotopic (exact) mass is 459 g/mol. The molecule has 1 aromatic heterocycles. The highest BCUT2D eigenvalue weighted by molar-refractivity contribution is 7.89. The second-order valence-electron chi connectivity index (χ2n) is 6.36. The van der Waals surface area contributed by atoms with Crippen LogP contribution in [0.2, 0.25) is 0 Å². The van der Waals surface area contributed by atoms with Crippen LogP contribution in [0.4, 0.5) is 0 Å². The third kappa shape index (κ3) is 6.09. The summed E-state index contributed by atoms with van der Waals surface area (Å²) in [6.45, 7) is 2.16. The summed E-state index contributed by atoms with van der Waals surface area (Å²) < 4.78 is 33.6. The second kappa shape index (κ2) is 10.5. The van der Waals surface area contributed by atoms with E-state index in [0.29, 0.717) is 23.6 Å². The van der Waals surface area contributed by atoms with Crippen molar-refractivity contribution in [2.24, 2.45) is 0 Å². The largest absolute Gasteiger partial charge is 0.494 e. The van der Waals surface area contributed by atoms with Gasteiger partial charge >= 0.3 is 0 Å². The van der Waals surface area contributed by atoms with Crippen molar-refractivity contribution >= 4 is 21.8 Å². The first kappa shape index (κ1) is 22.8. The van der Waals surface area contributed by atoms with Gasteiger partial charge in [-0.2, -0.15) is 0 Å². The Morgan fingerprint density at radius 2 is 1.75 bits per heavy atom. The summed E-state index contributed by atoms with van der Waals surface area (Å²) in [5.41, 5.74) is 5.48. The normalized spacial score (nSPS) is 11.0. The van der Waals surface area contributed by atoms with Crippen LogP contribution in [0.25, 0.3) is 5.69 Å². The number of carbonyl (C=O) groups is 2. The van der Waals surface area contributed by atoms with Gasteiger partial charge in [0.15, 0.2) is 0 Å². The number of carbonyl (C=O) groups excluding carboxylic acids is 2. The van der Waals surface area contributed by atoms with Gasteiger partial charge in [0, 0.05) is 18.5 Å². The van der Waals surface area contributed by atoms with Crippen molar-refractivity contribution in [2.75, 3.05) is 13.2 Å². The Balaban J connectivity index is 1.43. The number of ether oxygens (including phenoxy) is 1. The van der Waals surface area contributed by atoms with Gasteiger partial charge in [-0.3, -0.25) is 20.4 Å². The second-order valence-corrected chi connectivity index (χ2v) is 8.12. The molecule has 0 unspecified atom stereocenters. The molecule has 0 saturated heterocycles. The smallest absolute Gasteiger partial charge is 0.269 e. The van der Waals surface area contributed by atoms with Gasteiger partial charge in [-0.05, 0) is 65.9 Å². The molecule has 0 aliphatic carbocycles. The van der Waals surface area contributed by atoms with Crippen LogP contribution in [0, 0.1) is 0 Å². The third-order valence-corrected chi connectivity index (χ3v) is 5.62. The van der Waals surface area contributed by atoms with E-state index in [2.05, 4.69) is 31.1 Å². The topological polar surface area (TPSA) is 157 Å². The maximum absolute atomic E-state index is 12.3. The predicted molar refractivity (Wildman–Crippen MR) is 112 cm³/mol. The number of hydrogen-bond acceptors (Lipinski definition) is 8. The fraction of sp³-hybridized carbons (Fsp3) is 0.211. The number of amides is 2. The molecule has 0 saturated carbocycles. The first-order chi connectivity index (χ1) is 15.4. The van der Waals surface area contributed by atoms with E-state index in [-0.39, 0.29) is 17.9 Å². The Labute approximate surface area is 184 Å². The summed E-state index contributed by atoms with van der Waals surface area (Å²) >= 11 is 0. The van der Waals surface area contributed by atoms with Gasteiger partial charge in [0.2, 0.25) is 15.9 Å². The van der Waals surface area contributed by atoms with Crippen LogP contribution in [-0.4, -0.2) is 53.6 Å². The molecular formula is C19H21N7O5S. The number of nitrogens with one attached hydrogen (secondary N) is 3. The Bertz CT molecular complexity index is 1150. The number of hydrazine groups is 1. The van der Waals surface area contributed by atoms with E-state index in [1.165, 1.54) is 23.1 Å². The molecule has 3 rings (SSSR count). The van der Waals surface area contributed by atoms with E-state index >= 15 is 0 Å². The number of hydrogen-bond donors (Lipinski definition) is 3. The van der Waals surface area contributed by atoms with Crippen molar-refractivity contribution in [3.05, 3.63) is 60.4 Å². The maximum atomic E-state index is 12.3. The van der Waals surface area contributed by atoms with Crippen molar-refractivity contribution < 1.29 is 22.7 Å². The zero-order valence-corrected chi connectivity index (χ0v) is 17.9. The summed E-state index contributed by atoms with van der Waals surface area (Å²) in [5, 5.41) is 10.8. The average Bonchev–Trinajstić information content (AvgIpc) is 3.33. The van der Waals surface area contributed by atoms with Crippen LogP contribution in [0.3, 0.4) is 0 Å². The quantitative estimate of drug-likeness (QED) is 0.383. The number of tetrazole rings is 1. The molecule has 0 spiro atoms. The number of sulfonamides is 1. The predicted octanol–water partition coefficient (Wildman–Crippen LogP) is 0.191. The van der Waals surface area contributed by atoms with Crippen LogP contribution in [0.5, 0.6) is 5.75 Å². The standard InChI is InChI=1S/C19H21N7O5S/c1-2-31-16-7-9-17(10-8-16)32(29,30)21-12-11-18(27)22-23-19(28)14-3-5-15(6-4-14)26-13-20-24-25-26/h3-10,13,21H,2,11-12H2,1H3,(H,22,27)(H,23,28). The van der Waals surface area contributed by atoms with E-state index in [0.717, 1.165) is 0 Å². The molecule has 0 aliphatic rings. The van der Waals surface area contributed by atoms with Gasteiger partial charge in [0.05, 0.1) is 17.2 Å². The molecule has 13 heteroatoms. The highest BCUT2D eigenvalue weighted by atomic mass is 32.2. The lowest BCUT2D eigenvalue weighted by atomic mass is 10.2. The minimum absolute atomic E-state index is 0.0554. The van der Waals surface area contributed by atoms with Crippen LogP contribution < -0.4 is 20.3 Å². The zero-order chi connectivity index (χ0) is 23.0. The molecule has 0 bridgehead atoms. The van der Waals surface area contributed by atoms with E-state index in [4.69, 9.17) is 4.74 Å². The third-order valence-electron chi connectivity index (χ3n) is 4.15. The van der Waals surface area contributed by atoms with Crippen molar-refractivity contribution in [1.29, 1.82) is 0 Å². The van der Waals surface area contributed by atoms with Gasteiger partial charge < -0.3 is 4.74 Å². The summed E-state index contributed by atoms with van der Waals surface area (Å²) in [4.78, 5) is 24.1. The first-order valence-corrected chi connectivity index (χ1v) is 11.0. The van der Waals surface area contributed by atoms with Crippen molar-refractivity contribution in [1.82, 2.24) is 35.8 Å². The fourth-order valence-electron chi connectivity index (χ4n) is 2.57. The summed E-state index contributed by atoms with van der Waals surface area (Å²) in [6, 6.07) is 12.3. The summed E-state index contributed by atoms with van der Waals surface area (Å²) in [6.07, 6.45) is 1.24. The van der Waals surface area contributed by atoms with Crippen molar-refractivity contribution in [3.8, 4) is 11.4 Å². The van der Waals surface area contributed by atoms with Crippen LogP contribution in [0.15, 0.2) is 59.8 Å². The van der Waals surface area contributed by atoms with Crippen molar-refractivity contribution in [2.45, 2.75) is 18.2 Å². The Hall–Kier alpha value is -3.84. The fourth-order valence-corrected chi connectivity index (χ4v) is 3.60. The molecule has 32 heavy (non-hydrogen) atoms. The van der Waals surface area contributed by atoms with E-state index < -0.39 is 21.8 Å². The SMILES string of the molecule is CCOc1ccc(S(=O)(=O)NCCC(=O)NNC(=O)c2ccc(-n3cnnn3)cc2)cc1. The van der Waals surface area contributed by atoms with Crippen LogP contribution in [0.1, 0.15) is 23.7 Å². The molecule has 2 aromatic carbocycles. The minimum Gasteiger partial charge on any atom is -0.494 e. The number of rotatable bonds is 9. The summed E-state index contributed by atoms with van der Waals surface area (Å²) in [7, 11) is -3.77. The van der Waals surface area contributed by atoms with Gasteiger partial charge in [-0.1, -0.05) is 0 Å². The lowest BCUT2D eigenvalue weighted by Gasteiger charge is -2.10. The average molecular weight is 459 g/mol. The molecule has 0 radical (unpaired) electrons. The van der Waals surface area contributed by atoms with E-state index in [1.54, 1.807) is 36.4 Å². The molecule has 0 aliphatic heterocycles. The Morgan fingerprint density at radius 3 is 2.38 bits per heavy atom. The highest BCUT2D eigenvalue weighted by Gasteiger charge is 2.15. The van der Waals surface area contributed by atoms with E-state index in [9.17, 15) is 18.0 Å². The van der Waals surface area contributed by atoms with Gasteiger partial charge in [0.1, 0.15) is 12.1 Å². The highest BCUT2D eigenvalue weighted by Crippen LogP contribution is 2.15. The summed E-state index contributed by atoms with van der Waals surface area (Å²) in [5.74, 6) is -0.527. The molecule has 168 valence electrons. The molecular weight excluding hydrogens is 438 g/mol. The number of nitrogens with zero attached hydrogens (tertiary/aromatic N) is 4. The van der Waals surface area contributed by atoms with Crippen LogP contribution in [-0.2, 0) is 14.8 Å². The molecule has 12 nitrogen and oxygen atoms in total. The lowest BCUT2D eigenvalue weighted by Crippen LogP contribution is -2.42. The minimum atomic E-state index is -3.77. The van der Waals surface area contributed by atoms with Crippen LogP contribution >= 0.6 is 0 Å². The molecule has 3 aromatic rings. The number of benzene rings is 2. The Morgan fingerprint density at radius 1 is 1.03 bits per heavy atom. The molecule has 0 fully saturated rings. The lowest BCUT2D eigenvalue weighted by molar-refractivity contribution is -0.121. The van der Waals surface area contributed by atoms with Gasteiger partial charge in [-0.25, -0.2) is 17.8 Å². The maximum Gasteiger partial charge on any atom is 0.269 e. The molecule has 3 N–H and O–H groups in total.